The molecule has 1 aliphatic heterocycles. The third-order valence-electron chi connectivity index (χ3n) is 4.05. The van der Waals surface area contributed by atoms with Gasteiger partial charge >= 0.3 is 0 Å². The van der Waals surface area contributed by atoms with Crippen molar-refractivity contribution in [2.24, 2.45) is 11.8 Å². The fourth-order valence-electron chi connectivity index (χ4n) is 2.75. The fourth-order valence-corrected chi connectivity index (χ4v) is 3.20. The highest BCUT2D eigenvalue weighted by Crippen LogP contribution is 2.41. The van der Waals surface area contributed by atoms with Gasteiger partial charge in [0.15, 0.2) is 0 Å². The highest BCUT2D eigenvalue weighted by molar-refractivity contribution is 6.36. The summed E-state index contributed by atoms with van der Waals surface area (Å²) in [5, 5.41) is 3.70. The summed E-state index contributed by atoms with van der Waals surface area (Å²) in [5.74, 6) is -0.411. The number of nitrogens with one attached hydrogen (secondary N) is 1. The summed E-state index contributed by atoms with van der Waals surface area (Å²) in [6.07, 6.45) is 2.76. The average Bonchev–Trinajstić information content (AvgIpc) is 3.06. The largest absolute Gasteiger partial charge is 0.342 e. The normalized spacial score (nSPS) is 24.0. The second-order valence-corrected chi connectivity index (χ2v) is 6.44. The molecule has 4 nitrogen and oxygen atoms in total. The standard InChI is InChI=1S/C15H16Cl2N2O2/c16-9-3-4-13(12(17)7-9)18-14(20)10-8-11(10)15(21)19-5-1-2-6-19/h3-4,7,10-11H,1-2,5-6,8H2,(H,18,20). The summed E-state index contributed by atoms with van der Waals surface area (Å²) in [5.41, 5.74) is 0.533. The van der Waals surface area contributed by atoms with Crippen molar-refractivity contribution in [1.82, 2.24) is 4.90 Å². The lowest BCUT2D eigenvalue weighted by Crippen LogP contribution is -2.30. The number of rotatable bonds is 3. The quantitative estimate of drug-likeness (QED) is 0.927. The van der Waals surface area contributed by atoms with Gasteiger partial charge in [-0.15, -0.1) is 0 Å². The Hall–Kier alpha value is -1.26. The van der Waals surface area contributed by atoms with Crippen molar-refractivity contribution in [3.05, 3.63) is 28.2 Å². The molecule has 1 aromatic carbocycles. The number of carbonyl (C=O) groups is 2. The van der Waals surface area contributed by atoms with Crippen LogP contribution < -0.4 is 5.32 Å². The minimum absolute atomic E-state index is 0.120. The van der Waals surface area contributed by atoms with Crippen LogP contribution in [-0.2, 0) is 9.59 Å². The molecule has 3 rings (SSSR count). The molecule has 2 amide bonds. The Labute approximate surface area is 133 Å². The molecule has 2 unspecified atom stereocenters. The molecule has 1 saturated heterocycles. The summed E-state index contributed by atoms with van der Waals surface area (Å²) >= 11 is 11.8. The van der Waals surface area contributed by atoms with Gasteiger partial charge in [-0.3, -0.25) is 9.59 Å². The zero-order valence-electron chi connectivity index (χ0n) is 11.4. The number of hydrogen-bond acceptors (Lipinski definition) is 2. The van der Waals surface area contributed by atoms with Crippen LogP contribution >= 0.6 is 23.2 Å². The Kier molecular flexibility index (Phi) is 4.09. The van der Waals surface area contributed by atoms with Crippen LogP contribution in [0.25, 0.3) is 0 Å². The Morgan fingerprint density at radius 2 is 1.86 bits per heavy atom. The predicted molar refractivity (Wildman–Crippen MR) is 82.5 cm³/mol. The first-order valence-corrected chi connectivity index (χ1v) is 7.86. The molecule has 2 atom stereocenters. The SMILES string of the molecule is O=C(Nc1ccc(Cl)cc1Cl)C1CC1C(=O)N1CCCC1. The average molecular weight is 327 g/mol. The summed E-state index contributed by atoms with van der Waals surface area (Å²) in [6, 6.07) is 4.92. The van der Waals surface area contributed by atoms with Gasteiger partial charge in [-0.2, -0.15) is 0 Å². The second-order valence-electron chi connectivity index (χ2n) is 5.59. The molecular formula is C15H16Cl2N2O2. The summed E-state index contributed by atoms with van der Waals surface area (Å²) in [7, 11) is 0. The van der Waals surface area contributed by atoms with E-state index in [1.165, 1.54) is 0 Å². The molecular weight excluding hydrogens is 311 g/mol. The lowest BCUT2D eigenvalue weighted by molar-refractivity contribution is -0.133. The predicted octanol–water partition coefficient (Wildman–Crippen LogP) is 3.19. The summed E-state index contributed by atoms with van der Waals surface area (Å²) in [6.45, 7) is 1.65. The lowest BCUT2D eigenvalue weighted by atomic mass is 10.2. The first-order chi connectivity index (χ1) is 10.1. The molecule has 1 saturated carbocycles. The first kappa shape index (κ1) is 14.7. The third kappa shape index (κ3) is 3.16. The van der Waals surface area contributed by atoms with Crippen molar-refractivity contribution in [1.29, 1.82) is 0 Å². The zero-order valence-corrected chi connectivity index (χ0v) is 13.0. The molecule has 2 fully saturated rings. The molecule has 21 heavy (non-hydrogen) atoms. The van der Waals surface area contributed by atoms with Gasteiger partial charge in [0.1, 0.15) is 0 Å². The smallest absolute Gasteiger partial charge is 0.228 e. The zero-order chi connectivity index (χ0) is 15.0. The maximum absolute atomic E-state index is 12.2. The second kappa shape index (κ2) is 5.85. The van der Waals surface area contributed by atoms with E-state index in [2.05, 4.69) is 5.32 Å². The maximum Gasteiger partial charge on any atom is 0.228 e. The number of carbonyl (C=O) groups excluding carboxylic acids is 2. The van der Waals surface area contributed by atoms with Gasteiger partial charge in [0.05, 0.1) is 22.5 Å². The van der Waals surface area contributed by atoms with Crippen molar-refractivity contribution in [3.8, 4) is 0 Å². The van der Waals surface area contributed by atoms with Crippen LogP contribution in [0.2, 0.25) is 10.0 Å². The number of amides is 2. The molecule has 0 bridgehead atoms. The molecule has 0 spiro atoms. The number of hydrogen-bond donors (Lipinski definition) is 1. The summed E-state index contributed by atoms with van der Waals surface area (Å²) in [4.78, 5) is 26.2. The minimum Gasteiger partial charge on any atom is -0.342 e. The van der Waals surface area contributed by atoms with Crippen LogP contribution in [0.3, 0.4) is 0 Å². The van der Waals surface area contributed by atoms with E-state index in [4.69, 9.17) is 23.2 Å². The van der Waals surface area contributed by atoms with Crippen molar-refractivity contribution < 1.29 is 9.59 Å². The molecule has 6 heteroatoms. The number of benzene rings is 1. The molecule has 1 aliphatic carbocycles. The molecule has 112 valence electrons. The van der Waals surface area contributed by atoms with Gasteiger partial charge < -0.3 is 10.2 Å². The van der Waals surface area contributed by atoms with Crippen molar-refractivity contribution in [2.75, 3.05) is 18.4 Å². The van der Waals surface area contributed by atoms with E-state index in [0.717, 1.165) is 25.9 Å². The van der Waals surface area contributed by atoms with Gasteiger partial charge in [0.2, 0.25) is 11.8 Å². The van der Waals surface area contributed by atoms with Gasteiger partial charge in [-0.25, -0.2) is 0 Å². The van der Waals surface area contributed by atoms with E-state index in [1.54, 1.807) is 18.2 Å². The molecule has 2 aliphatic rings. The summed E-state index contributed by atoms with van der Waals surface area (Å²) < 4.78 is 0. The Morgan fingerprint density at radius 1 is 1.14 bits per heavy atom. The highest BCUT2D eigenvalue weighted by Gasteiger charge is 2.49. The highest BCUT2D eigenvalue weighted by atomic mass is 35.5. The molecule has 1 heterocycles. The van der Waals surface area contributed by atoms with E-state index in [-0.39, 0.29) is 23.7 Å². The Bertz CT molecular complexity index is 585. The van der Waals surface area contributed by atoms with E-state index in [1.807, 2.05) is 4.90 Å². The molecule has 0 aromatic heterocycles. The van der Waals surface area contributed by atoms with Crippen molar-refractivity contribution in [2.45, 2.75) is 19.3 Å². The number of halogens is 2. The van der Waals surface area contributed by atoms with E-state index in [9.17, 15) is 9.59 Å². The van der Waals surface area contributed by atoms with Crippen LogP contribution in [0.1, 0.15) is 19.3 Å². The van der Waals surface area contributed by atoms with E-state index >= 15 is 0 Å². The van der Waals surface area contributed by atoms with Crippen LogP contribution in [0.5, 0.6) is 0 Å². The number of likely N-dealkylation sites (tertiary alicyclic amines) is 1. The van der Waals surface area contributed by atoms with Crippen LogP contribution in [0.4, 0.5) is 5.69 Å². The van der Waals surface area contributed by atoms with Crippen molar-refractivity contribution in [3.63, 3.8) is 0 Å². The van der Waals surface area contributed by atoms with Gasteiger partial charge in [-0.1, -0.05) is 23.2 Å². The molecule has 1 N–H and O–H groups in total. The number of anilines is 1. The Morgan fingerprint density at radius 3 is 2.52 bits per heavy atom. The van der Waals surface area contributed by atoms with Gasteiger partial charge in [-0.05, 0) is 37.5 Å². The topological polar surface area (TPSA) is 49.4 Å². The first-order valence-electron chi connectivity index (χ1n) is 7.11. The van der Waals surface area contributed by atoms with Crippen LogP contribution in [-0.4, -0.2) is 29.8 Å². The maximum atomic E-state index is 12.2. The minimum atomic E-state index is -0.232. The fraction of sp³-hybridized carbons (Fsp3) is 0.467. The van der Waals surface area contributed by atoms with Gasteiger partial charge in [0, 0.05) is 18.1 Å². The van der Waals surface area contributed by atoms with E-state index in [0.29, 0.717) is 22.2 Å². The molecule has 0 radical (unpaired) electrons. The van der Waals surface area contributed by atoms with Crippen LogP contribution in [0.15, 0.2) is 18.2 Å². The van der Waals surface area contributed by atoms with Gasteiger partial charge in [0.25, 0.3) is 0 Å². The van der Waals surface area contributed by atoms with Crippen molar-refractivity contribution >= 4 is 40.7 Å². The third-order valence-corrected chi connectivity index (χ3v) is 4.60. The monoisotopic (exact) mass is 326 g/mol. The van der Waals surface area contributed by atoms with Crippen LogP contribution in [0, 0.1) is 11.8 Å². The molecule has 1 aromatic rings. The lowest BCUT2D eigenvalue weighted by Gasteiger charge is -2.15. The Balaban J connectivity index is 1.58. The number of nitrogens with zero attached hydrogens (tertiary/aromatic N) is 1. The van der Waals surface area contributed by atoms with E-state index < -0.39 is 0 Å².